The number of fused-ring (bicyclic) bond motifs is 2. The van der Waals surface area contributed by atoms with Crippen molar-refractivity contribution in [1.82, 2.24) is 0 Å². The molecule has 0 aliphatic carbocycles. The first kappa shape index (κ1) is 35.9. The first-order chi connectivity index (χ1) is 22.8. The van der Waals surface area contributed by atoms with Crippen molar-refractivity contribution in [2.24, 2.45) is 17.8 Å². The highest BCUT2D eigenvalue weighted by Crippen LogP contribution is 2.51. The Hall–Kier alpha value is -1.88. The van der Waals surface area contributed by atoms with Crippen molar-refractivity contribution >= 4 is 8.32 Å². The van der Waals surface area contributed by atoms with Crippen molar-refractivity contribution in [3.63, 3.8) is 0 Å². The third kappa shape index (κ3) is 7.28. The van der Waals surface area contributed by atoms with Crippen LogP contribution in [-0.4, -0.2) is 69.5 Å². The predicted octanol–water partition coefficient (Wildman–Crippen LogP) is 8.08. The number of rotatable bonds is 9. The van der Waals surface area contributed by atoms with Gasteiger partial charge in [0.2, 0.25) is 0 Å². The summed E-state index contributed by atoms with van der Waals surface area (Å²) in [6.07, 6.45) is 1.71. The lowest BCUT2D eigenvalue weighted by atomic mass is 9.75. The van der Waals surface area contributed by atoms with Crippen LogP contribution in [0.3, 0.4) is 0 Å². The van der Waals surface area contributed by atoms with Gasteiger partial charge >= 0.3 is 0 Å². The summed E-state index contributed by atoms with van der Waals surface area (Å²) in [6.45, 7) is 23.9. The molecule has 4 saturated heterocycles. The zero-order chi connectivity index (χ0) is 34.3. The standard InChI is InChI=1S/C40H58O7Si/c1-10-32-33(47-48(8,9)39(5,6)7)21-34-35(44-32)27(3)36(42-24-30-19-15-12-16-20-30)38-37(45-34)26(2)28(4)40(46-38)22-31(25-43-40)41-23-29-17-13-11-14-18-29/h10-20,26-28,31-38H,1,21-25H2,2-9H3/t26-,27+,28-,31-,32-,33+,34-,35+,36-,37+,38-,40+/m0/s1. The molecule has 0 unspecified atom stereocenters. The van der Waals surface area contributed by atoms with Crippen LogP contribution in [0.2, 0.25) is 18.1 Å². The van der Waals surface area contributed by atoms with Gasteiger partial charge in [-0.2, -0.15) is 0 Å². The third-order valence-corrected chi connectivity index (χ3v) is 16.5. The van der Waals surface area contributed by atoms with Gasteiger partial charge in [-0.3, -0.25) is 0 Å². The molecule has 6 rings (SSSR count). The van der Waals surface area contributed by atoms with Crippen LogP contribution in [0.4, 0.5) is 0 Å². The molecule has 4 aliphatic heterocycles. The molecule has 2 aromatic rings. The Morgan fingerprint density at radius 1 is 0.854 bits per heavy atom. The molecule has 48 heavy (non-hydrogen) atoms. The highest BCUT2D eigenvalue weighted by atomic mass is 28.4. The molecule has 0 N–H and O–H groups in total. The molecule has 4 aliphatic rings. The molecule has 8 heteroatoms. The highest BCUT2D eigenvalue weighted by Gasteiger charge is 2.61. The number of benzene rings is 2. The summed E-state index contributed by atoms with van der Waals surface area (Å²) in [5.74, 6) is -0.584. The average Bonchev–Trinajstić information content (AvgIpc) is 3.43. The van der Waals surface area contributed by atoms with Crippen LogP contribution in [-0.2, 0) is 46.1 Å². The van der Waals surface area contributed by atoms with Gasteiger partial charge in [0.05, 0.1) is 56.4 Å². The Balaban J connectivity index is 1.27. The van der Waals surface area contributed by atoms with Crippen molar-refractivity contribution in [3.8, 4) is 0 Å². The zero-order valence-corrected chi connectivity index (χ0v) is 31.3. The molecule has 12 atom stereocenters. The molecule has 4 heterocycles. The molecule has 0 amide bonds. The molecule has 0 aromatic heterocycles. The van der Waals surface area contributed by atoms with E-state index in [2.05, 4.69) is 97.6 Å². The van der Waals surface area contributed by atoms with E-state index in [9.17, 15) is 0 Å². The first-order valence-corrected chi connectivity index (χ1v) is 21.0. The molecule has 0 saturated carbocycles. The van der Waals surface area contributed by atoms with Gasteiger partial charge in [-0.05, 0) is 35.2 Å². The van der Waals surface area contributed by atoms with E-state index >= 15 is 0 Å². The smallest absolute Gasteiger partial charge is 0.192 e. The number of hydrogen-bond acceptors (Lipinski definition) is 7. The minimum Gasteiger partial charge on any atom is -0.411 e. The van der Waals surface area contributed by atoms with Crippen LogP contribution < -0.4 is 0 Å². The van der Waals surface area contributed by atoms with E-state index < -0.39 is 14.1 Å². The molecule has 2 aromatic carbocycles. The second kappa shape index (κ2) is 14.4. The van der Waals surface area contributed by atoms with Gasteiger partial charge in [0.15, 0.2) is 14.1 Å². The molecule has 4 fully saturated rings. The lowest BCUT2D eigenvalue weighted by Crippen LogP contribution is -2.61. The lowest BCUT2D eigenvalue weighted by Gasteiger charge is -2.51. The Morgan fingerprint density at radius 2 is 1.48 bits per heavy atom. The zero-order valence-electron chi connectivity index (χ0n) is 30.3. The second-order valence-electron chi connectivity index (χ2n) is 16.2. The van der Waals surface area contributed by atoms with Crippen molar-refractivity contribution in [2.45, 2.75) is 140 Å². The van der Waals surface area contributed by atoms with Gasteiger partial charge in [-0.1, -0.05) is 108 Å². The largest absolute Gasteiger partial charge is 0.411 e. The van der Waals surface area contributed by atoms with Gasteiger partial charge in [0, 0.05) is 24.7 Å². The topological polar surface area (TPSA) is 64.6 Å². The summed E-state index contributed by atoms with van der Waals surface area (Å²) in [7, 11) is -2.08. The van der Waals surface area contributed by atoms with Crippen LogP contribution in [0, 0.1) is 17.8 Å². The van der Waals surface area contributed by atoms with Crippen molar-refractivity contribution in [2.75, 3.05) is 6.61 Å². The molecular weight excluding hydrogens is 621 g/mol. The average molecular weight is 679 g/mol. The fourth-order valence-electron chi connectivity index (χ4n) is 7.84. The Kier molecular flexibility index (Phi) is 10.8. The van der Waals surface area contributed by atoms with Gasteiger partial charge in [-0.25, -0.2) is 0 Å². The Morgan fingerprint density at radius 3 is 2.08 bits per heavy atom. The number of ether oxygens (including phenoxy) is 6. The summed E-state index contributed by atoms with van der Waals surface area (Å²) in [6, 6.07) is 20.7. The maximum atomic E-state index is 7.21. The molecule has 7 nitrogen and oxygen atoms in total. The van der Waals surface area contributed by atoms with E-state index in [-0.39, 0.29) is 71.6 Å². The Labute approximate surface area is 289 Å². The first-order valence-electron chi connectivity index (χ1n) is 18.1. The summed E-state index contributed by atoms with van der Waals surface area (Å²) in [5, 5.41) is 0.0774. The molecular formula is C40H58O7Si. The maximum absolute atomic E-state index is 7.21. The summed E-state index contributed by atoms with van der Waals surface area (Å²) in [4.78, 5) is 0. The normalized spacial score (nSPS) is 38.6. The van der Waals surface area contributed by atoms with E-state index in [0.717, 1.165) is 17.5 Å². The van der Waals surface area contributed by atoms with E-state index in [1.165, 1.54) is 0 Å². The van der Waals surface area contributed by atoms with Gasteiger partial charge in [0.25, 0.3) is 0 Å². The van der Waals surface area contributed by atoms with Gasteiger partial charge < -0.3 is 32.8 Å². The lowest BCUT2D eigenvalue weighted by molar-refractivity contribution is -0.341. The Bertz CT molecular complexity index is 1350. The number of hydrogen-bond donors (Lipinski definition) is 0. The van der Waals surface area contributed by atoms with E-state index in [1.54, 1.807) is 0 Å². The van der Waals surface area contributed by atoms with Crippen LogP contribution in [0.5, 0.6) is 0 Å². The van der Waals surface area contributed by atoms with Crippen molar-refractivity contribution in [3.05, 3.63) is 84.4 Å². The minimum atomic E-state index is -2.08. The van der Waals surface area contributed by atoms with Crippen LogP contribution in [0.25, 0.3) is 0 Å². The quantitative estimate of drug-likeness (QED) is 0.196. The summed E-state index contributed by atoms with van der Waals surface area (Å²) < 4.78 is 48.3. The minimum absolute atomic E-state index is 0.0193. The van der Waals surface area contributed by atoms with E-state index in [4.69, 9.17) is 32.8 Å². The predicted molar refractivity (Wildman–Crippen MR) is 190 cm³/mol. The fourth-order valence-corrected chi connectivity index (χ4v) is 9.18. The van der Waals surface area contributed by atoms with Crippen LogP contribution in [0.1, 0.15) is 65.5 Å². The molecule has 1 spiro atoms. The maximum Gasteiger partial charge on any atom is 0.192 e. The second-order valence-corrected chi connectivity index (χ2v) is 20.9. The van der Waals surface area contributed by atoms with Gasteiger partial charge in [-0.15, -0.1) is 6.58 Å². The molecule has 0 bridgehead atoms. The van der Waals surface area contributed by atoms with Crippen molar-refractivity contribution < 1.29 is 32.8 Å². The van der Waals surface area contributed by atoms with Crippen molar-refractivity contribution in [1.29, 1.82) is 0 Å². The third-order valence-electron chi connectivity index (χ3n) is 12.0. The van der Waals surface area contributed by atoms with E-state index in [1.807, 2.05) is 30.3 Å². The van der Waals surface area contributed by atoms with Gasteiger partial charge in [0.1, 0.15) is 12.2 Å². The summed E-state index contributed by atoms with van der Waals surface area (Å²) in [5.41, 5.74) is 2.28. The van der Waals surface area contributed by atoms with Crippen LogP contribution >= 0.6 is 0 Å². The fraction of sp³-hybridized carbons (Fsp3) is 0.650. The highest BCUT2D eigenvalue weighted by molar-refractivity contribution is 6.74. The SMILES string of the molecule is C=C[C@@H]1O[C@@H]2[C@@H](C)[C@H](OCc3ccccc3)[C@@H]3O[C@]4(C[C@H](OCc5ccccc5)CO4)[C@@H](C)[C@H](C)[C@H]3O[C@H]2C[C@H]1O[Si](C)(C)C(C)(C)C. The van der Waals surface area contributed by atoms with Crippen LogP contribution in [0.15, 0.2) is 73.3 Å². The summed E-state index contributed by atoms with van der Waals surface area (Å²) >= 11 is 0. The van der Waals surface area contributed by atoms with E-state index in [0.29, 0.717) is 26.2 Å². The molecule has 264 valence electrons. The monoisotopic (exact) mass is 678 g/mol. The molecule has 0 radical (unpaired) electrons.